The number of imide groups is 1. The topological polar surface area (TPSA) is 121 Å². The van der Waals surface area contributed by atoms with E-state index in [1.807, 2.05) is 13.8 Å². The minimum atomic E-state index is -1.35. The molecule has 0 aromatic rings. The molecule has 1 aliphatic heterocycles. The van der Waals surface area contributed by atoms with Gasteiger partial charge in [0.1, 0.15) is 17.3 Å². The van der Waals surface area contributed by atoms with Gasteiger partial charge in [-0.15, -0.1) is 0 Å². The molecule has 0 aromatic heterocycles. The number of rotatable bonds is 5. The molecule has 0 aliphatic carbocycles. The molecule has 1 saturated heterocycles. The van der Waals surface area contributed by atoms with Crippen LogP contribution in [0.3, 0.4) is 0 Å². The van der Waals surface area contributed by atoms with Gasteiger partial charge in [0.2, 0.25) is 0 Å². The van der Waals surface area contributed by atoms with Gasteiger partial charge in [0, 0.05) is 20.1 Å². The predicted octanol–water partition coefficient (Wildman–Crippen LogP) is 4.70. The van der Waals surface area contributed by atoms with Crippen LogP contribution in [0.15, 0.2) is 0 Å². The summed E-state index contributed by atoms with van der Waals surface area (Å²) in [7, 11) is 1.00. The fourth-order valence-electron chi connectivity index (χ4n) is 2.78. The summed E-state index contributed by atoms with van der Waals surface area (Å²) in [5.74, 6) is -0.765. The van der Waals surface area contributed by atoms with E-state index >= 15 is 0 Å². The highest BCUT2D eigenvalue weighted by molar-refractivity contribution is 5.94. The molecule has 2 amide bonds. The normalized spacial score (nSPS) is 20.8. The molecule has 10 heteroatoms. The lowest BCUT2D eigenvalue weighted by atomic mass is 10.2. The van der Waals surface area contributed by atoms with E-state index in [4.69, 9.17) is 28.8 Å². The third-order valence-electron chi connectivity index (χ3n) is 4.11. The standard InChI is InChI=1S/C22H39NO8.C2H6.CH4O/c1-9-10-11-28-16-12-15(2)29-18(24)17(14-27-13-16)23(19(25)30-21(3,4)5)20(26)31-22(6,7)8;2*1-2/h15-17H,9-14H2,1-8H3;1-2H3;2H,1H3/t15?,16?,17-;;/m0../s1. The second kappa shape index (κ2) is 17.5. The van der Waals surface area contributed by atoms with Crippen LogP contribution in [0.5, 0.6) is 0 Å². The lowest BCUT2D eigenvalue weighted by Gasteiger charge is -2.32. The van der Waals surface area contributed by atoms with E-state index in [9.17, 15) is 14.4 Å². The Morgan fingerprint density at radius 1 is 1.00 bits per heavy atom. The molecule has 0 aromatic carbocycles. The summed E-state index contributed by atoms with van der Waals surface area (Å²) in [5.41, 5.74) is -1.77. The lowest BCUT2D eigenvalue weighted by Crippen LogP contribution is -2.54. The number of carbonyl (C=O) groups excluding carboxylic acids is 3. The Hall–Kier alpha value is -1.91. The van der Waals surface area contributed by atoms with Crippen molar-refractivity contribution in [2.24, 2.45) is 0 Å². The highest BCUT2D eigenvalue weighted by Gasteiger charge is 2.42. The first-order chi connectivity index (χ1) is 16.2. The quantitative estimate of drug-likeness (QED) is 0.320. The number of aliphatic hydroxyl groups is 1. The third kappa shape index (κ3) is 15.6. The van der Waals surface area contributed by atoms with Gasteiger partial charge in [0.25, 0.3) is 0 Å². The summed E-state index contributed by atoms with van der Waals surface area (Å²) in [6.07, 6.45) is -0.391. The van der Waals surface area contributed by atoms with E-state index in [2.05, 4.69) is 6.92 Å². The van der Waals surface area contributed by atoms with Crippen LogP contribution < -0.4 is 0 Å². The molecule has 1 rings (SSSR count). The summed E-state index contributed by atoms with van der Waals surface area (Å²) >= 11 is 0. The Kier molecular flexibility index (Phi) is 17.6. The first-order valence-electron chi connectivity index (χ1n) is 12.3. The molecule has 0 bridgehead atoms. The Morgan fingerprint density at radius 2 is 1.49 bits per heavy atom. The molecule has 1 fully saturated rings. The van der Waals surface area contributed by atoms with Gasteiger partial charge in [-0.3, -0.25) is 0 Å². The van der Waals surface area contributed by atoms with Crippen molar-refractivity contribution in [3.63, 3.8) is 0 Å². The first-order valence-corrected chi connectivity index (χ1v) is 12.3. The van der Waals surface area contributed by atoms with Crippen LogP contribution in [0, 0.1) is 0 Å². The molecule has 0 saturated carbocycles. The highest BCUT2D eigenvalue weighted by atomic mass is 16.6. The van der Waals surface area contributed by atoms with E-state index in [0.29, 0.717) is 17.9 Å². The average Bonchev–Trinajstić information content (AvgIpc) is 2.78. The zero-order valence-electron chi connectivity index (χ0n) is 23.6. The third-order valence-corrected chi connectivity index (χ3v) is 4.11. The van der Waals surface area contributed by atoms with Crippen LogP contribution in [0.2, 0.25) is 0 Å². The van der Waals surface area contributed by atoms with E-state index in [1.165, 1.54) is 0 Å². The fourth-order valence-corrected chi connectivity index (χ4v) is 2.78. The minimum absolute atomic E-state index is 0.206. The number of esters is 1. The zero-order valence-corrected chi connectivity index (χ0v) is 23.6. The number of cyclic esters (lactones) is 1. The number of ether oxygens (including phenoxy) is 5. The Labute approximate surface area is 211 Å². The van der Waals surface area contributed by atoms with Crippen LogP contribution in [-0.2, 0) is 28.5 Å². The minimum Gasteiger partial charge on any atom is -0.461 e. The average molecular weight is 508 g/mol. The number of aliphatic hydroxyl groups excluding tert-OH is 1. The fraction of sp³-hybridized carbons (Fsp3) is 0.880. The van der Waals surface area contributed by atoms with E-state index in [0.717, 1.165) is 20.0 Å². The van der Waals surface area contributed by atoms with E-state index < -0.39 is 41.5 Å². The number of hydrogen-bond acceptors (Lipinski definition) is 9. The summed E-state index contributed by atoms with van der Waals surface area (Å²) in [6, 6.07) is -1.35. The maximum absolute atomic E-state index is 12.9. The Balaban J connectivity index is 0. The van der Waals surface area contributed by atoms with Crippen molar-refractivity contribution in [1.82, 2.24) is 4.90 Å². The predicted molar refractivity (Wildman–Crippen MR) is 133 cm³/mol. The molecular weight excluding hydrogens is 458 g/mol. The second-order valence-corrected chi connectivity index (χ2v) is 9.71. The molecule has 2 unspecified atom stereocenters. The van der Waals surface area contributed by atoms with Gasteiger partial charge in [0.05, 0.1) is 19.3 Å². The van der Waals surface area contributed by atoms with Gasteiger partial charge in [0.15, 0.2) is 6.04 Å². The Bertz CT molecular complexity index is 583. The molecule has 1 aliphatic rings. The van der Waals surface area contributed by atoms with Gasteiger partial charge >= 0.3 is 18.2 Å². The number of amides is 2. The molecular formula is C25H49NO9. The monoisotopic (exact) mass is 507 g/mol. The van der Waals surface area contributed by atoms with Gasteiger partial charge in [-0.25, -0.2) is 14.4 Å². The molecule has 3 atom stereocenters. The summed E-state index contributed by atoms with van der Waals surface area (Å²) in [5, 5.41) is 7.00. The van der Waals surface area contributed by atoms with Crippen LogP contribution in [0.4, 0.5) is 9.59 Å². The van der Waals surface area contributed by atoms with Gasteiger partial charge in [-0.1, -0.05) is 27.2 Å². The van der Waals surface area contributed by atoms with Crippen molar-refractivity contribution < 1.29 is 43.2 Å². The zero-order chi connectivity index (χ0) is 27.8. The summed E-state index contributed by atoms with van der Waals surface area (Å²) in [4.78, 5) is 39.2. The van der Waals surface area contributed by atoms with E-state index in [-0.39, 0.29) is 19.3 Å². The lowest BCUT2D eigenvalue weighted by molar-refractivity contribution is -0.156. The Morgan fingerprint density at radius 3 is 1.91 bits per heavy atom. The number of carbonyl (C=O) groups is 3. The van der Waals surface area contributed by atoms with Crippen molar-refractivity contribution in [2.45, 2.75) is 118 Å². The summed E-state index contributed by atoms with van der Waals surface area (Å²) < 4.78 is 27.7. The van der Waals surface area contributed by atoms with Crippen molar-refractivity contribution in [3.8, 4) is 0 Å². The van der Waals surface area contributed by atoms with Crippen molar-refractivity contribution in [2.75, 3.05) is 26.9 Å². The summed E-state index contributed by atoms with van der Waals surface area (Å²) in [6.45, 7) is 18.3. The molecule has 1 N–H and O–H groups in total. The van der Waals surface area contributed by atoms with E-state index in [1.54, 1.807) is 48.5 Å². The smallest absolute Gasteiger partial charge is 0.420 e. The number of hydrogen-bond donors (Lipinski definition) is 1. The second-order valence-electron chi connectivity index (χ2n) is 9.71. The van der Waals surface area contributed by atoms with Crippen LogP contribution in [0.1, 0.15) is 88.5 Å². The van der Waals surface area contributed by atoms with Crippen molar-refractivity contribution in [3.05, 3.63) is 0 Å². The van der Waals surface area contributed by atoms with Crippen LogP contribution in [0.25, 0.3) is 0 Å². The molecule has 208 valence electrons. The molecule has 10 nitrogen and oxygen atoms in total. The first kappa shape index (κ1) is 35.3. The molecule has 0 radical (unpaired) electrons. The van der Waals surface area contributed by atoms with Crippen molar-refractivity contribution in [1.29, 1.82) is 0 Å². The molecule has 0 spiro atoms. The van der Waals surface area contributed by atoms with Crippen LogP contribution in [-0.4, -0.2) is 84.5 Å². The van der Waals surface area contributed by atoms with Gasteiger partial charge < -0.3 is 28.8 Å². The SMILES string of the molecule is CC.CCCCOC1COC[C@H](N(C(=O)OC(C)(C)C)C(=O)OC(C)(C)C)C(=O)OC(C)C1.CO. The largest absolute Gasteiger partial charge is 0.461 e. The van der Waals surface area contributed by atoms with Gasteiger partial charge in [-0.05, 0) is 54.9 Å². The maximum atomic E-state index is 12.9. The van der Waals surface area contributed by atoms with Crippen molar-refractivity contribution >= 4 is 18.2 Å². The number of unbranched alkanes of at least 4 members (excludes halogenated alkanes) is 1. The highest BCUT2D eigenvalue weighted by Crippen LogP contribution is 2.20. The van der Waals surface area contributed by atoms with Gasteiger partial charge in [-0.2, -0.15) is 4.90 Å². The maximum Gasteiger partial charge on any atom is 0.420 e. The molecule has 35 heavy (non-hydrogen) atoms. The van der Waals surface area contributed by atoms with Crippen LogP contribution >= 0.6 is 0 Å². The molecule has 1 heterocycles. The number of nitrogens with zero attached hydrogens (tertiary/aromatic N) is 1.